The summed E-state index contributed by atoms with van der Waals surface area (Å²) < 4.78 is 35.6. The van der Waals surface area contributed by atoms with E-state index in [1.165, 1.54) is 27.3 Å². The number of ether oxygens (including phenoxy) is 1. The number of halogens is 1. The fourth-order valence-electron chi connectivity index (χ4n) is 5.04. The van der Waals surface area contributed by atoms with Crippen LogP contribution in [0.3, 0.4) is 0 Å². The molecular weight excluding hydrogens is 564 g/mol. The summed E-state index contributed by atoms with van der Waals surface area (Å²) in [6.07, 6.45) is 3.70. The van der Waals surface area contributed by atoms with Gasteiger partial charge in [-0.05, 0) is 55.5 Å². The fraction of sp³-hybridized carbons (Fsp3) is 0.538. The number of carbonyl (C=O) groups is 1. The number of morpholine rings is 1. The number of carbonyl (C=O) groups excluding carboxylic acids is 1. The van der Waals surface area contributed by atoms with Crippen molar-refractivity contribution in [2.24, 2.45) is 0 Å². The van der Waals surface area contributed by atoms with Crippen molar-refractivity contribution in [2.75, 3.05) is 50.8 Å². The van der Waals surface area contributed by atoms with E-state index >= 15 is 0 Å². The summed E-state index contributed by atoms with van der Waals surface area (Å²) in [5, 5.41) is 0.627. The second kappa shape index (κ2) is 12.3. The normalized spacial score (nSPS) is 19.7. The van der Waals surface area contributed by atoms with Crippen LogP contribution < -0.4 is 4.90 Å². The van der Waals surface area contributed by atoms with Gasteiger partial charge in [-0.15, -0.1) is 11.3 Å². The number of aromatic nitrogens is 1. The Morgan fingerprint density at radius 2 is 1.97 bits per heavy atom. The molecule has 0 aliphatic carbocycles. The molecule has 4 heterocycles. The Labute approximate surface area is 237 Å². The van der Waals surface area contributed by atoms with Crippen molar-refractivity contribution in [1.82, 2.24) is 14.2 Å². The van der Waals surface area contributed by atoms with E-state index in [0.717, 1.165) is 80.1 Å². The van der Waals surface area contributed by atoms with Gasteiger partial charge >= 0.3 is 0 Å². The first-order chi connectivity index (χ1) is 18.4. The van der Waals surface area contributed by atoms with Gasteiger partial charge in [0.05, 0.1) is 27.8 Å². The smallest absolute Gasteiger partial charge is 0.253 e. The number of piperidine rings is 1. The Bertz CT molecular complexity index is 1370. The zero-order valence-electron chi connectivity index (χ0n) is 21.5. The number of thiophene rings is 1. The highest BCUT2D eigenvalue weighted by molar-refractivity contribution is 7.91. The minimum Gasteiger partial charge on any atom is -0.379 e. The van der Waals surface area contributed by atoms with E-state index in [9.17, 15) is 13.2 Å². The van der Waals surface area contributed by atoms with E-state index in [4.69, 9.17) is 21.3 Å². The standard InChI is InChI=1S/C26H33ClN4O4S3/c1-2-19-7-8-20-22(18-19)36-26(28-20)30(12-5-11-29-14-16-35-17-15-29)25(32)21-6-3-4-13-31(21)38(33,34)24-10-9-23(27)37-24/h7-10,18,21H,2-6,11-17H2,1H3. The lowest BCUT2D eigenvalue weighted by Gasteiger charge is -2.36. The highest BCUT2D eigenvalue weighted by Crippen LogP contribution is 2.35. The van der Waals surface area contributed by atoms with Crippen LogP contribution in [0.4, 0.5) is 5.13 Å². The van der Waals surface area contributed by atoms with Crippen molar-refractivity contribution in [1.29, 1.82) is 0 Å². The molecule has 1 unspecified atom stereocenters. The predicted octanol–water partition coefficient (Wildman–Crippen LogP) is 4.87. The average Bonchev–Trinajstić information content (AvgIpc) is 3.57. The average molecular weight is 597 g/mol. The van der Waals surface area contributed by atoms with E-state index in [1.807, 2.05) is 6.07 Å². The first kappa shape index (κ1) is 27.9. The molecule has 0 bridgehead atoms. The minimum absolute atomic E-state index is 0.174. The molecule has 2 fully saturated rings. The Morgan fingerprint density at radius 3 is 2.71 bits per heavy atom. The molecule has 8 nitrogen and oxygen atoms in total. The van der Waals surface area contributed by atoms with Crippen molar-refractivity contribution in [2.45, 2.75) is 49.3 Å². The number of rotatable bonds is 9. The number of hydrogen-bond acceptors (Lipinski definition) is 8. The molecule has 3 aromatic rings. The number of sulfonamides is 1. The van der Waals surface area contributed by atoms with Gasteiger partial charge in [-0.1, -0.05) is 42.3 Å². The van der Waals surface area contributed by atoms with E-state index in [-0.39, 0.29) is 10.1 Å². The molecule has 206 valence electrons. The molecule has 12 heteroatoms. The summed E-state index contributed by atoms with van der Waals surface area (Å²) >= 11 is 8.58. The third-order valence-corrected chi connectivity index (χ3v) is 11.8. The van der Waals surface area contributed by atoms with Gasteiger partial charge in [0.15, 0.2) is 5.13 Å². The Balaban J connectivity index is 1.43. The van der Waals surface area contributed by atoms with Crippen molar-refractivity contribution in [3.05, 3.63) is 40.2 Å². The van der Waals surface area contributed by atoms with E-state index in [2.05, 4.69) is 24.0 Å². The highest BCUT2D eigenvalue weighted by atomic mass is 35.5. The molecule has 2 aromatic heterocycles. The van der Waals surface area contributed by atoms with Crippen LogP contribution in [-0.4, -0.2) is 80.5 Å². The van der Waals surface area contributed by atoms with Gasteiger partial charge in [0.25, 0.3) is 10.0 Å². The van der Waals surface area contributed by atoms with Gasteiger partial charge in [-0.3, -0.25) is 14.6 Å². The lowest BCUT2D eigenvalue weighted by Crippen LogP contribution is -2.53. The zero-order valence-corrected chi connectivity index (χ0v) is 24.7. The summed E-state index contributed by atoms with van der Waals surface area (Å²) in [5.74, 6) is -0.201. The number of benzene rings is 1. The summed E-state index contributed by atoms with van der Waals surface area (Å²) in [4.78, 5) is 23.1. The van der Waals surface area contributed by atoms with Crippen LogP contribution in [0, 0.1) is 0 Å². The van der Waals surface area contributed by atoms with Crippen molar-refractivity contribution in [3.63, 3.8) is 0 Å². The largest absolute Gasteiger partial charge is 0.379 e. The quantitative estimate of drug-likeness (QED) is 0.350. The molecule has 1 amide bonds. The Hall–Kier alpha value is -1.60. The number of nitrogens with zero attached hydrogens (tertiary/aromatic N) is 4. The highest BCUT2D eigenvalue weighted by Gasteiger charge is 2.41. The lowest BCUT2D eigenvalue weighted by atomic mass is 10.0. The van der Waals surface area contributed by atoms with Crippen LogP contribution in [0.1, 0.15) is 38.2 Å². The molecule has 0 N–H and O–H groups in total. The van der Waals surface area contributed by atoms with E-state index in [0.29, 0.717) is 29.0 Å². The summed E-state index contributed by atoms with van der Waals surface area (Å²) in [7, 11) is -3.84. The molecule has 0 saturated carbocycles. The molecule has 1 atom stereocenters. The van der Waals surface area contributed by atoms with Gasteiger partial charge in [0, 0.05) is 32.7 Å². The maximum atomic E-state index is 14.2. The van der Waals surface area contributed by atoms with Crippen LogP contribution in [-0.2, 0) is 26.0 Å². The topological polar surface area (TPSA) is 83.1 Å². The summed E-state index contributed by atoms with van der Waals surface area (Å²) in [5.41, 5.74) is 2.08. The Kier molecular flexibility index (Phi) is 9.03. The second-order valence-electron chi connectivity index (χ2n) is 9.64. The first-order valence-electron chi connectivity index (χ1n) is 13.1. The molecule has 38 heavy (non-hydrogen) atoms. The van der Waals surface area contributed by atoms with Gasteiger partial charge < -0.3 is 4.74 Å². The van der Waals surface area contributed by atoms with E-state index < -0.39 is 16.1 Å². The number of aryl methyl sites for hydroxylation is 1. The van der Waals surface area contributed by atoms with Gasteiger partial charge in [0.2, 0.25) is 5.91 Å². The first-order valence-corrected chi connectivity index (χ1v) is 16.6. The predicted molar refractivity (Wildman–Crippen MR) is 154 cm³/mol. The molecule has 2 aliphatic rings. The van der Waals surface area contributed by atoms with Gasteiger partial charge in [-0.25, -0.2) is 13.4 Å². The third-order valence-electron chi connectivity index (χ3n) is 7.16. The molecule has 1 aromatic carbocycles. The van der Waals surface area contributed by atoms with Gasteiger partial charge in [0.1, 0.15) is 10.3 Å². The van der Waals surface area contributed by atoms with Crippen LogP contribution in [0.25, 0.3) is 10.2 Å². The minimum atomic E-state index is -3.84. The maximum absolute atomic E-state index is 14.2. The summed E-state index contributed by atoms with van der Waals surface area (Å²) in [6.45, 7) is 6.97. The third kappa shape index (κ3) is 6.09. The molecule has 0 radical (unpaired) electrons. The van der Waals surface area contributed by atoms with Crippen molar-refractivity contribution < 1.29 is 17.9 Å². The maximum Gasteiger partial charge on any atom is 0.253 e. The van der Waals surface area contributed by atoms with Crippen molar-refractivity contribution in [3.8, 4) is 0 Å². The van der Waals surface area contributed by atoms with Crippen LogP contribution >= 0.6 is 34.3 Å². The SMILES string of the molecule is CCc1ccc2nc(N(CCCN3CCOCC3)C(=O)C3CCCCN3S(=O)(=O)c3ccc(Cl)s3)sc2c1. The zero-order chi connectivity index (χ0) is 26.7. The molecule has 5 rings (SSSR count). The van der Waals surface area contributed by atoms with E-state index in [1.54, 1.807) is 11.0 Å². The van der Waals surface area contributed by atoms with Crippen LogP contribution in [0.15, 0.2) is 34.5 Å². The number of anilines is 1. The number of fused-ring (bicyclic) bond motifs is 1. The number of amides is 1. The van der Waals surface area contributed by atoms with Crippen LogP contribution in [0.5, 0.6) is 0 Å². The van der Waals surface area contributed by atoms with Crippen LogP contribution in [0.2, 0.25) is 4.34 Å². The fourth-order valence-corrected chi connectivity index (χ4v) is 9.36. The van der Waals surface area contributed by atoms with Gasteiger partial charge in [-0.2, -0.15) is 4.31 Å². The second-order valence-corrected chi connectivity index (χ2v) is 14.5. The summed E-state index contributed by atoms with van der Waals surface area (Å²) in [6, 6.07) is 8.54. The monoisotopic (exact) mass is 596 g/mol. The molecule has 2 saturated heterocycles. The lowest BCUT2D eigenvalue weighted by molar-refractivity contribution is -0.123. The number of hydrogen-bond donors (Lipinski definition) is 0. The molecular formula is C26H33ClN4O4S3. The Morgan fingerprint density at radius 1 is 1.16 bits per heavy atom. The molecule has 2 aliphatic heterocycles. The molecule has 0 spiro atoms. The van der Waals surface area contributed by atoms with Crippen molar-refractivity contribution >= 4 is 65.6 Å². The number of thiazole rings is 1.